The van der Waals surface area contributed by atoms with Crippen LogP contribution in [0.4, 0.5) is 0 Å². The van der Waals surface area contributed by atoms with Crippen LogP contribution < -0.4 is 10.3 Å². The molecule has 1 aromatic carbocycles. The number of piperidine rings is 1. The van der Waals surface area contributed by atoms with Gasteiger partial charge in [-0.1, -0.05) is 0 Å². The van der Waals surface area contributed by atoms with E-state index in [1.165, 1.54) is 12.8 Å². The summed E-state index contributed by atoms with van der Waals surface area (Å²) >= 11 is 0. The van der Waals surface area contributed by atoms with Crippen LogP contribution in [0.2, 0.25) is 0 Å². The Morgan fingerprint density at radius 1 is 1.10 bits per heavy atom. The molecule has 2 aromatic heterocycles. The van der Waals surface area contributed by atoms with E-state index in [0.717, 1.165) is 29.4 Å². The van der Waals surface area contributed by atoms with Crippen molar-refractivity contribution in [2.75, 3.05) is 20.2 Å². The molecule has 3 heterocycles. The third-order valence-electron chi connectivity index (χ3n) is 6.44. The van der Waals surface area contributed by atoms with Crippen molar-refractivity contribution in [3.63, 3.8) is 0 Å². The molecule has 2 fully saturated rings. The SMILES string of the molecule is COc1c2ccc(C(=O)N3CCC(Cn4nc(C5CC5)ccc4=O)CC3)cc2nn1C. The maximum absolute atomic E-state index is 13.0. The summed E-state index contributed by atoms with van der Waals surface area (Å²) in [6, 6.07) is 9.08. The zero-order valence-electron chi connectivity index (χ0n) is 18.0. The van der Waals surface area contributed by atoms with Gasteiger partial charge in [0.25, 0.3) is 11.5 Å². The van der Waals surface area contributed by atoms with Crippen molar-refractivity contribution in [1.82, 2.24) is 24.5 Å². The highest BCUT2D eigenvalue weighted by molar-refractivity contribution is 5.98. The van der Waals surface area contributed by atoms with Crippen molar-refractivity contribution < 1.29 is 9.53 Å². The fourth-order valence-electron chi connectivity index (χ4n) is 4.49. The number of hydrogen-bond acceptors (Lipinski definition) is 5. The summed E-state index contributed by atoms with van der Waals surface area (Å²) in [7, 11) is 3.44. The van der Waals surface area contributed by atoms with E-state index >= 15 is 0 Å². The lowest BCUT2D eigenvalue weighted by Crippen LogP contribution is -2.40. The van der Waals surface area contributed by atoms with Crippen LogP contribution in [0.25, 0.3) is 10.9 Å². The quantitative estimate of drug-likeness (QED) is 0.632. The van der Waals surface area contributed by atoms with Gasteiger partial charge in [0.05, 0.1) is 23.7 Å². The second-order valence-electron chi connectivity index (χ2n) is 8.65. The lowest BCUT2D eigenvalue weighted by atomic mass is 9.96. The van der Waals surface area contributed by atoms with Gasteiger partial charge in [-0.15, -0.1) is 0 Å². The first-order valence-electron chi connectivity index (χ1n) is 10.9. The van der Waals surface area contributed by atoms with Crippen LogP contribution in [0.3, 0.4) is 0 Å². The highest BCUT2D eigenvalue weighted by atomic mass is 16.5. The van der Waals surface area contributed by atoms with Gasteiger partial charge in [0.1, 0.15) is 0 Å². The fourth-order valence-corrected chi connectivity index (χ4v) is 4.49. The largest absolute Gasteiger partial charge is 0.481 e. The van der Waals surface area contributed by atoms with Gasteiger partial charge in [0.2, 0.25) is 5.88 Å². The molecule has 8 heteroatoms. The van der Waals surface area contributed by atoms with Crippen molar-refractivity contribution in [3.05, 3.63) is 51.9 Å². The van der Waals surface area contributed by atoms with E-state index in [0.29, 0.717) is 42.9 Å². The minimum Gasteiger partial charge on any atom is -0.481 e. The molecule has 1 amide bonds. The monoisotopic (exact) mass is 421 g/mol. The van der Waals surface area contributed by atoms with Gasteiger partial charge >= 0.3 is 0 Å². The summed E-state index contributed by atoms with van der Waals surface area (Å²) in [6.45, 7) is 2.00. The van der Waals surface area contributed by atoms with Gasteiger partial charge in [-0.3, -0.25) is 9.59 Å². The van der Waals surface area contributed by atoms with Crippen LogP contribution in [-0.2, 0) is 13.6 Å². The number of benzene rings is 1. The summed E-state index contributed by atoms with van der Waals surface area (Å²) in [5.41, 5.74) is 2.39. The van der Waals surface area contributed by atoms with Crippen LogP contribution in [0.5, 0.6) is 5.88 Å². The van der Waals surface area contributed by atoms with Crippen LogP contribution in [0.15, 0.2) is 35.1 Å². The van der Waals surface area contributed by atoms with Gasteiger partial charge in [0, 0.05) is 44.2 Å². The molecule has 0 spiro atoms. The third kappa shape index (κ3) is 3.82. The molecule has 1 saturated heterocycles. The molecule has 31 heavy (non-hydrogen) atoms. The van der Waals surface area contributed by atoms with Crippen molar-refractivity contribution in [2.45, 2.75) is 38.1 Å². The lowest BCUT2D eigenvalue weighted by Gasteiger charge is -2.32. The van der Waals surface area contributed by atoms with Crippen molar-refractivity contribution in [2.24, 2.45) is 13.0 Å². The number of hydrogen-bond donors (Lipinski definition) is 0. The Hall–Kier alpha value is -3.16. The molecule has 0 atom stereocenters. The molecule has 8 nitrogen and oxygen atoms in total. The Labute approximate surface area is 180 Å². The predicted molar refractivity (Wildman–Crippen MR) is 116 cm³/mol. The average molecular weight is 422 g/mol. The minimum atomic E-state index is -0.0398. The molecule has 2 aliphatic rings. The molecule has 162 valence electrons. The Bertz CT molecular complexity index is 1190. The third-order valence-corrected chi connectivity index (χ3v) is 6.44. The highest BCUT2D eigenvalue weighted by Gasteiger charge is 2.27. The van der Waals surface area contributed by atoms with E-state index < -0.39 is 0 Å². The van der Waals surface area contributed by atoms with E-state index in [1.807, 2.05) is 36.2 Å². The van der Waals surface area contributed by atoms with E-state index in [4.69, 9.17) is 4.74 Å². The first-order valence-corrected chi connectivity index (χ1v) is 10.9. The molecule has 1 saturated carbocycles. The standard InChI is InChI=1S/C23H27N5O3/c1-26-23(31-2)18-6-5-17(13-20(18)24-26)22(30)27-11-9-15(10-12-27)14-28-21(29)8-7-19(25-28)16-3-4-16/h5-8,13,15-16H,3-4,9-12,14H2,1-2H3. The number of carbonyl (C=O) groups excluding carboxylic acids is 1. The van der Waals surface area contributed by atoms with Crippen LogP contribution in [0.1, 0.15) is 47.7 Å². The number of rotatable bonds is 5. The summed E-state index contributed by atoms with van der Waals surface area (Å²) in [6.07, 6.45) is 4.08. The number of likely N-dealkylation sites (tertiary alicyclic amines) is 1. The zero-order valence-corrected chi connectivity index (χ0v) is 18.0. The van der Waals surface area contributed by atoms with Crippen molar-refractivity contribution >= 4 is 16.8 Å². The first kappa shape index (κ1) is 19.8. The molecular weight excluding hydrogens is 394 g/mol. The highest BCUT2D eigenvalue weighted by Crippen LogP contribution is 2.38. The maximum Gasteiger partial charge on any atom is 0.266 e. The van der Waals surface area contributed by atoms with Crippen LogP contribution >= 0.6 is 0 Å². The lowest BCUT2D eigenvalue weighted by molar-refractivity contribution is 0.0680. The minimum absolute atomic E-state index is 0.0241. The molecule has 3 aromatic rings. The van der Waals surface area contributed by atoms with Gasteiger partial charge in [-0.05, 0) is 55.9 Å². The average Bonchev–Trinajstić information content (AvgIpc) is 3.57. The number of nitrogens with zero attached hydrogens (tertiary/aromatic N) is 5. The van der Waals surface area contributed by atoms with Crippen molar-refractivity contribution in [3.8, 4) is 5.88 Å². The van der Waals surface area contributed by atoms with E-state index in [-0.39, 0.29) is 11.5 Å². The summed E-state index contributed by atoms with van der Waals surface area (Å²) in [4.78, 5) is 27.2. The fraction of sp³-hybridized carbons (Fsp3) is 0.478. The summed E-state index contributed by atoms with van der Waals surface area (Å²) in [5, 5.41) is 9.92. The number of aromatic nitrogens is 4. The van der Waals surface area contributed by atoms with E-state index in [1.54, 1.807) is 22.5 Å². The first-order chi connectivity index (χ1) is 15.0. The van der Waals surface area contributed by atoms with Gasteiger partial charge in [-0.25, -0.2) is 9.36 Å². The Morgan fingerprint density at radius 2 is 1.87 bits per heavy atom. The zero-order chi connectivity index (χ0) is 21.5. The smallest absolute Gasteiger partial charge is 0.266 e. The number of aryl methyl sites for hydroxylation is 1. The van der Waals surface area contributed by atoms with E-state index in [9.17, 15) is 9.59 Å². The molecule has 1 aliphatic heterocycles. The Balaban J connectivity index is 1.24. The number of fused-ring (bicyclic) bond motifs is 1. The van der Waals surface area contributed by atoms with Crippen LogP contribution in [0, 0.1) is 5.92 Å². The van der Waals surface area contributed by atoms with Gasteiger partial charge in [-0.2, -0.15) is 10.2 Å². The molecule has 0 radical (unpaired) electrons. The second kappa shape index (κ2) is 7.83. The molecule has 0 unspecified atom stereocenters. The number of ether oxygens (including phenoxy) is 1. The summed E-state index contributed by atoms with van der Waals surface area (Å²) in [5.74, 6) is 1.59. The Morgan fingerprint density at radius 3 is 2.58 bits per heavy atom. The van der Waals surface area contributed by atoms with E-state index in [2.05, 4.69) is 10.2 Å². The van der Waals surface area contributed by atoms with Gasteiger partial charge in [0.15, 0.2) is 0 Å². The number of carbonyl (C=O) groups is 1. The molecule has 5 rings (SSSR count). The van der Waals surface area contributed by atoms with Crippen molar-refractivity contribution in [1.29, 1.82) is 0 Å². The second-order valence-corrected chi connectivity index (χ2v) is 8.65. The number of methoxy groups -OCH3 is 1. The maximum atomic E-state index is 13.0. The Kier molecular flexibility index (Phi) is 5.00. The topological polar surface area (TPSA) is 82.2 Å². The molecule has 1 aliphatic carbocycles. The van der Waals surface area contributed by atoms with Gasteiger partial charge < -0.3 is 9.64 Å². The van der Waals surface area contributed by atoms with Crippen LogP contribution in [-0.4, -0.2) is 50.6 Å². The normalized spacial score (nSPS) is 17.3. The molecule has 0 N–H and O–H groups in total. The molecular formula is C23H27N5O3. The number of amides is 1. The predicted octanol–water partition coefficient (Wildman–Crippen LogP) is 2.57. The summed E-state index contributed by atoms with van der Waals surface area (Å²) < 4.78 is 8.69. The molecule has 0 bridgehead atoms.